The summed E-state index contributed by atoms with van der Waals surface area (Å²) in [6.07, 6.45) is 3.10. The molecule has 0 atom stereocenters. The summed E-state index contributed by atoms with van der Waals surface area (Å²) in [5, 5.41) is 8.79. The van der Waals surface area contributed by atoms with E-state index >= 15 is 0 Å². The number of rotatable bonds is 0. The van der Waals surface area contributed by atoms with Gasteiger partial charge in [0.05, 0.1) is 11.9 Å². The maximum atomic E-state index is 8.57. The molecule has 1 aliphatic rings. The van der Waals surface area contributed by atoms with Gasteiger partial charge in [-0.25, -0.2) is 0 Å². The molecular formula is C4H3NOS. The standard InChI is InChI=1S/C4H3NOS/c6-4-2-1-3-5-7-4/h1-2,6H. The van der Waals surface area contributed by atoms with E-state index in [2.05, 4.69) is 10.3 Å². The Kier molecular flexibility index (Phi) is 1.20. The average Bonchev–Trinajstić information content (AvgIpc) is 1.69. The van der Waals surface area contributed by atoms with Gasteiger partial charge in [-0.05, 0) is 11.9 Å². The fraction of sp³-hybridized carbons (Fsp3) is 0. The fourth-order valence-electron chi connectivity index (χ4n) is 0.243. The van der Waals surface area contributed by atoms with Gasteiger partial charge in [0.1, 0.15) is 0 Å². The van der Waals surface area contributed by atoms with Crippen molar-refractivity contribution in [3.63, 3.8) is 0 Å². The Morgan fingerprint density at radius 2 is 2.71 bits per heavy atom. The monoisotopic (exact) mass is 113 g/mol. The van der Waals surface area contributed by atoms with E-state index in [1.165, 1.54) is 6.08 Å². The molecule has 2 nitrogen and oxygen atoms in total. The summed E-state index contributed by atoms with van der Waals surface area (Å²) in [6, 6.07) is 0. The maximum absolute atomic E-state index is 8.57. The highest BCUT2D eigenvalue weighted by atomic mass is 32.2. The second-order valence-electron chi connectivity index (χ2n) is 0.983. The maximum Gasteiger partial charge on any atom is 0.174 e. The van der Waals surface area contributed by atoms with Crippen LogP contribution in [0.1, 0.15) is 0 Å². The van der Waals surface area contributed by atoms with Crippen molar-refractivity contribution in [3.05, 3.63) is 17.2 Å². The summed E-state index contributed by atoms with van der Waals surface area (Å²) in [4.78, 5) is 0. The van der Waals surface area contributed by atoms with Crippen LogP contribution in [0.15, 0.2) is 21.6 Å². The van der Waals surface area contributed by atoms with Crippen LogP contribution in [-0.2, 0) is 0 Å². The second kappa shape index (κ2) is 1.87. The van der Waals surface area contributed by atoms with E-state index in [4.69, 9.17) is 5.11 Å². The lowest BCUT2D eigenvalue weighted by Crippen LogP contribution is -1.71. The first-order valence-electron chi connectivity index (χ1n) is 1.74. The van der Waals surface area contributed by atoms with E-state index in [1.54, 1.807) is 6.08 Å². The minimum atomic E-state index is 0.221. The molecule has 0 saturated carbocycles. The van der Waals surface area contributed by atoms with E-state index in [-0.39, 0.29) is 5.09 Å². The van der Waals surface area contributed by atoms with Gasteiger partial charge >= 0.3 is 0 Å². The molecule has 1 aliphatic heterocycles. The number of aliphatic hydroxyl groups is 1. The van der Waals surface area contributed by atoms with Crippen molar-refractivity contribution in [2.45, 2.75) is 0 Å². The Hall–Kier alpha value is -0.660. The third kappa shape index (κ3) is 1.11. The molecule has 0 aromatic carbocycles. The van der Waals surface area contributed by atoms with Gasteiger partial charge in [0.15, 0.2) is 5.09 Å². The molecule has 0 spiro atoms. The SMILES string of the molecule is OC1=CC=C=NS1. The fourth-order valence-corrected chi connectivity index (χ4v) is 0.579. The molecular weight excluding hydrogens is 110 g/mol. The smallest absolute Gasteiger partial charge is 0.174 e. The first kappa shape index (κ1) is 4.50. The van der Waals surface area contributed by atoms with E-state index in [0.29, 0.717) is 0 Å². The quantitative estimate of drug-likeness (QED) is 0.480. The molecule has 1 rings (SSSR count). The molecule has 0 aromatic rings. The van der Waals surface area contributed by atoms with E-state index in [1.807, 2.05) is 0 Å². The zero-order valence-corrected chi connectivity index (χ0v) is 4.27. The van der Waals surface area contributed by atoms with Crippen LogP contribution in [0.2, 0.25) is 0 Å². The van der Waals surface area contributed by atoms with Crippen LogP contribution in [0.3, 0.4) is 0 Å². The lowest BCUT2D eigenvalue weighted by atomic mass is 10.6. The van der Waals surface area contributed by atoms with Crippen molar-refractivity contribution in [2.75, 3.05) is 0 Å². The van der Waals surface area contributed by atoms with Gasteiger partial charge < -0.3 is 5.11 Å². The summed E-state index contributed by atoms with van der Waals surface area (Å²) in [5.74, 6) is 2.54. The Labute approximate surface area is 45.4 Å². The Bertz CT molecular complexity index is 155. The predicted molar refractivity (Wildman–Crippen MR) is 30.3 cm³/mol. The van der Waals surface area contributed by atoms with Crippen LogP contribution in [0, 0.1) is 0 Å². The Morgan fingerprint density at radius 3 is 3.00 bits per heavy atom. The normalized spacial score (nSPS) is 16.9. The zero-order valence-electron chi connectivity index (χ0n) is 3.46. The third-order valence-electron chi connectivity index (χ3n) is 0.492. The molecule has 0 bridgehead atoms. The summed E-state index contributed by atoms with van der Waals surface area (Å²) in [7, 11) is 0. The molecule has 1 heterocycles. The molecule has 0 amide bonds. The van der Waals surface area contributed by atoms with E-state index in [9.17, 15) is 0 Å². The molecule has 3 heteroatoms. The number of nitrogens with zero attached hydrogens (tertiary/aromatic N) is 1. The molecule has 0 fully saturated rings. The van der Waals surface area contributed by atoms with Gasteiger partial charge in [-0.2, -0.15) is 4.40 Å². The van der Waals surface area contributed by atoms with Crippen LogP contribution in [0.4, 0.5) is 0 Å². The van der Waals surface area contributed by atoms with Crippen molar-refractivity contribution in [1.29, 1.82) is 0 Å². The van der Waals surface area contributed by atoms with Gasteiger partial charge in [-0.15, -0.1) is 0 Å². The van der Waals surface area contributed by atoms with Gasteiger partial charge in [0.25, 0.3) is 0 Å². The topological polar surface area (TPSA) is 32.6 Å². The second-order valence-corrected chi connectivity index (χ2v) is 1.77. The van der Waals surface area contributed by atoms with Crippen LogP contribution in [0.5, 0.6) is 0 Å². The first-order chi connectivity index (χ1) is 3.39. The molecule has 0 aromatic heterocycles. The van der Waals surface area contributed by atoms with Crippen molar-refractivity contribution in [1.82, 2.24) is 0 Å². The number of hydrogen-bond acceptors (Lipinski definition) is 3. The summed E-state index contributed by atoms with van der Waals surface area (Å²) >= 11 is 1.02. The number of hydrogen-bond donors (Lipinski definition) is 1. The number of aliphatic hydroxyl groups excluding tert-OH is 1. The average molecular weight is 113 g/mol. The molecule has 0 aliphatic carbocycles. The molecule has 0 unspecified atom stereocenters. The van der Waals surface area contributed by atoms with Crippen molar-refractivity contribution in [2.24, 2.45) is 4.40 Å². The van der Waals surface area contributed by atoms with Crippen LogP contribution < -0.4 is 0 Å². The molecule has 0 saturated heterocycles. The Balaban J connectivity index is 2.77. The minimum absolute atomic E-state index is 0.221. The lowest BCUT2D eigenvalue weighted by Gasteiger charge is -1.88. The van der Waals surface area contributed by atoms with Crippen LogP contribution in [-0.4, -0.2) is 11.0 Å². The predicted octanol–water partition coefficient (Wildman–Crippen LogP) is 1.27. The van der Waals surface area contributed by atoms with Gasteiger partial charge in [-0.3, -0.25) is 0 Å². The van der Waals surface area contributed by atoms with Gasteiger partial charge in [-0.1, -0.05) is 0 Å². The van der Waals surface area contributed by atoms with E-state index in [0.717, 1.165) is 11.9 Å². The van der Waals surface area contributed by atoms with Crippen LogP contribution >= 0.6 is 11.9 Å². The van der Waals surface area contributed by atoms with Gasteiger partial charge in [0.2, 0.25) is 0 Å². The van der Waals surface area contributed by atoms with Crippen molar-refractivity contribution < 1.29 is 5.11 Å². The number of allylic oxidation sites excluding steroid dienone is 2. The highest BCUT2D eigenvalue weighted by molar-refractivity contribution is 8.01. The highest BCUT2D eigenvalue weighted by Crippen LogP contribution is 2.13. The Morgan fingerprint density at radius 1 is 1.86 bits per heavy atom. The molecule has 36 valence electrons. The summed E-state index contributed by atoms with van der Waals surface area (Å²) in [6.45, 7) is 0. The van der Waals surface area contributed by atoms with E-state index < -0.39 is 0 Å². The minimum Gasteiger partial charge on any atom is -0.501 e. The third-order valence-corrected chi connectivity index (χ3v) is 1.01. The first-order valence-corrected chi connectivity index (χ1v) is 2.52. The highest BCUT2D eigenvalue weighted by Gasteiger charge is 1.89. The van der Waals surface area contributed by atoms with Gasteiger partial charge in [0, 0.05) is 6.08 Å². The zero-order chi connectivity index (χ0) is 5.11. The largest absolute Gasteiger partial charge is 0.501 e. The molecule has 1 N–H and O–H groups in total. The van der Waals surface area contributed by atoms with Crippen molar-refractivity contribution in [3.8, 4) is 0 Å². The van der Waals surface area contributed by atoms with Crippen molar-refractivity contribution >= 4 is 17.8 Å². The summed E-state index contributed by atoms with van der Waals surface area (Å²) in [5.41, 5.74) is 0. The lowest BCUT2D eigenvalue weighted by molar-refractivity contribution is 0.456. The summed E-state index contributed by atoms with van der Waals surface area (Å²) < 4.78 is 3.55. The molecule has 7 heavy (non-hydrogen) atoms. The van der Waals surface area contributed by atoms with Crippen LogP contribution in [0.25, 0.3) is 0 Å². The molecule has 0 radical (unpaired) electrons.